The Morgan fingerprint density at radius 2 is 1.81 bits per heavy atom. The molecule has 7 nitrogen and oxygen atoms in total. The number of hydrogen-bond donors (Lipinski definition) is 1. The molecule has 27 heavy (non-hydrogen) atoms. The number of aromatic carboxylic acids is 1. The van der Waals surface area contributed by atoms with Crippen molar-refractivity contribution in [1.29, 1.82) is 0 Å². The highest BCUT2D eigenvalue weighted by Crippen LogP contribution is 2.28. The van der Waals surface area contributed by atoms with E-state index in [1.54, 1.807) is 50.6 Å². The normalized spacial score (nSPS) is 11.1. The van der Waals surface area contributed by atoms with E-state index >= 15 is 0 Å². The van der Waals surface area contributed by atoms with E-state index in [1.165, 1.54) is 17.6 Å². The van der Waals surface area contributed by atoms with Crippen LogP contribution in [-0.2, 0) is 0 Å². The molecule has 0 saturated heterocycles. The lowest BCUT2D eigenvalue weighted by atomic mass is 10.2. The number of methoxy groups -OCH3 is 2. The second-order valence-electron chi connectivity index (χ2n) is 5.75. The summed E-state index contributed by atoms with van der Waals surface area (Å²) in [5.74, 6) is 0.182. The van der Waals surface area contributed by atoms with Gasteiger partial charge in [-0.25, -0.2) is 9.78 Å². The van der Waals surface area contributed by atoms with Crippen LogP contribution in [0.1, 0.15) is 33.5 Å². The third kappa shape index (κ3) is 3.39. The summed E-state index contributed by atoms with van der Waals surface area (Å²) in [6, 6.07) is 10.1. The fraction of sp³-hybridized carbons (Fsp3) is 0.150. The number of carbonyl (C=O) groups excluding carboxylic acids is 1. The van der Waals surface area contributed by atoms with Crippen molar-refractivity contribution in [3.05, 3.63) is 53.3 Å². The van der Waals surface area contributed by atoms with Crippen molar-refractivity contribution in [1.82, 2.24) is 9.55 Å². The van der Waals surface area contributed by atoms with Crippen molar-refractivity contribution in [3.63, 3.8) is 0 Å². The molecule has 0 bridgehead atoms. The van der Waals surface area contributed by atoms with Crippen LogP contribution in [0, 0.1) is 0 Å². The Morgan fingerprint density at radius 3 is 2.44 bits per heavy atom. The number of carboxylic acids is 1. The first-order chi connectivity index (χ1) is 13.0. The second kappa shape index (κ2) is 7.33. The Bertz CT molecular complexity index is 1070. The van der Waals surface area contributed by atoms with Gasteiger partial charge >= 0.3 is 5.97 Å². The van der Waals surface area contributed by atoms with Crippen LogP contribution in [0.25, 0.3) is 23.2 Å². The molecule has 1 aromatic heterocycles. The van der Waals surface area contributed by atoms with Crippen LogP contribution in [0.15, 0.2) is 36.4 Å². The van der Waals surface area contributed by atoms with Crippen LogP contribution in [0.5, 0.6) is 11.5 Å². The summed E-state index contributed by atoms with van der Waals surface area (Å²) in [6.07, 6.45) is 3.43. The van der Waals surface area contributed by atoms with E-state index in [9.17, 15) is 14.7 Å². The van der Waals surface area contributed by atoms with Gasteiger partial charge in [0.2, 0.25) is 5.91 Å². The Kier molecular flexibility index (Phi) is 4.94. The molecule has 7 heteroatoms. The lowest BCUT2D eigenvalue weighted by Crippen LogP contribution is -2.07. The van der Waals surface area contributed by atoms with Gasteiger partial charge in [-0.1, -0.05) is 18.2 Å². The van der Waals surface area contributed by atoms with Crippen LogP contribution >= 0.6 is 0 Å². The second-order valence-corrected chi connectivity index (χ2v) is 5.75. The predicted octanol–water partition coefficient (Wildman–Crippen LogP) is 3.58. The van der Waals surface area contributed by atoms with E-state index in [4.69, 9.17) is 9.47 Å². The number of rotatable bonds is 5. The molecule has 3 aromatic rings. The number of aromatic nitrogens is 2. The molecule has 0 fully saturated rings. The lowest BCUT2D eigenvalue weighted by molar-refractivity contribution is 0.0698. The third-order valence-corrected chi connectivity index (χ3v) is 4.09. The minimum absolute atomic E-state index is 0.0493. The van der Waals surface area contributed by atoms with Gasteiger partial charge in [-0.2, -0.15) is 0 Å². The van der Waals surface area contributed by atoms with Crippen LogP contribution < -0.4 is 9.47 Å². The summed E-state index contributed by atoms with van der Waals surface area (Å²) in [5.41, 5.74) is 1.59. The first kappa shape index (κ1) is 18.2. The molecule has 138 valence electrons. The van der Waals surface area contributed by atoms with E-state index in [0.29, 0.717) is 22.8 Å². The number of imidazole rings is 1. The SMILES string of the molecule is COc1ccc(/C=C/c2nc3c(C(=O)O)cccc3n2C(C)=O)cc1OC. The predicted molar refractivity (Wildman–Crippen MR) is 101 cm³/mol. The van der Waals surface area contributed by atoms with Crippen molar-refractivity contribution >= 4 is 35.1 Å². The maximum atomic E-state index is 12.1. The summed E-state index contributed by atoms with van der Waals surface area (Å²) in [7, 11) is 3.11. The lowest BCUT2D eigenvalue weighted by Gasteiger charge is -2.07. The highest BCUT2D eigenvalue weighted by molar-refractivity contribution is 6.04. The quantitative estimate of drug-likeness (QED) is 0.742. The average Bonchev–Trinajstić information content (AvgIpc) is 3.04. The molecule has 0 amide bonds. The first-order valence-electron chi connectivity index (χ1n) is 8.12. The van der Waals surface area contributed by atoms with E-state index in [0.717, 1.165) is 5.56 Å². The molecule has 2 aromatic carbocycles. The van der Waals surface area contributed by atoms with Crippen LogP contribution in [0.4, 0.5) is 0 Å². The van der Waals surface area contributed by atoms with Crippen molar-refractivity contribution in [2.75, 3.05) is 14.2 Å². The summed E-state index contributed by atoms with van der Waals surface area (Å²) < 4.78 is 11.9. The summed E-state index contributed by atoms with van der Waals surface area (Å²) in [5, 5.41) is 9.36. The molecule has 0 radical (unpaired) electrons. The Morgan fingerprint density at radius 1 is 1.07 bits per heavy atom. The maximum Gasteiger partial charge on any atom is 0.337 e. The van der Waals surface area contributed by atoms with Gasteiger partial charge < -0.3 is 14.6 Å². The first-order valence-corrected chi connectivity index (χ1v) is 8.12. The molecule has 0 aliphatic rings. The van der Waals surface area contributed by atoms with Crippen LogP contribution in [-0.4, -0.2) is 40.8 Å². The fourth-order valence-electron chi connectivity index (χ4n) is 2.86. The third-order valence-electron chi connectivity index (χ3n) is 4.09. The van der Waals surface area contributed by atoms with Gasteiger partial charge in [-0.15, -0.1) is 0 Å². The monoisotopic (exact) mass is 366 g/mol. The number of fused-ring (bicyclic) bond motifs is 1. The molecule has 3 rings (SSSR count). The Balaban J connectivity index is 2.10. The highest BCUT2D eigenvalue weighted by atomic mass is 16.5. The van der Waals surface area contributed by atoms with Gasteiger partial charge in [0.1, 0.15) is 11.3 Å². The number of para-hydroxylation sites is 1. The zero-order valence-corrected chi connectivity index (χ0v) is 15.1. The zero-order valence-electron chi connectivity index (χ0n) is 15.1. The Labute approximate surface area is 155 Å². The summed E-state index contributed by atoms with van der Waals surface area (Å²) in [6.45, 7) is 1.41. The van der Waals surface area contributed by atoms with Gasteiger partial charge in [0.15, 0.2) is 11.5 Å². The molecule has 0 atom stereocenters. The van der Waals surface area contributed by atoms with E-state index < -0.39 is 5.97 Å². The number of benzene rings is 2. The zero-order chi connectivity index (χ0) is 19.6. The van der Waals surface area contributed by atoms with E-state index in [2.05, 4.69) is 4.98 Å². The fourth-order valence-corrected chi connectivity index (χ4v) is 2.86. The van der Waals surface area contributed by atoms with Gasteiger partial charge in [-0.05, 0) is 35.9 Å². The summed E-state index contributed by atoms with van der Waals surface area (Å²) in [4.78, 5) is 27.9. The number of nitrogens with zero attached hydrogens (tertiary/aromatic N) is 2. The number of carboxylic acid groups (broad SMARTS) is 1. The number of hydrogen-bond acceptors (Lipinski definition) is 5. The van der Waals surface area contributed by atoms with Gasteiger partial charge in [0.25, 0.3) is 0 Å². The molecule has 0 spiro atoms. The molecular weight excluding hydrogens is 348 g/mol. The van der Waals surface area contributed by atoms with Gasteiger partial charge in [0.05, 0.1) is 25.3 Å². The van der Waals surface area contributed by atoms with E-state index in [1.807, 2.05) is 6.07 Å². The van der Waals surface area contributed by atoms with Crippen molar-refractivity contribution < 1.29 is 24.2 Å². The molecule has 0 aliphatic carbocycles. The number of carbonyl (C=O) groups is 2. The molecule has 1 N–H and O–H groups in total. The minimum atomic E-state index is -1.09. The smallest absolute Gasteiger partial charge is 0.337 e. The van der Waals surface area contributed by atoms with Crippen molar-refractivity contribution in [2.24, 2.45) is 0 Å². The average molecular weight is 366 g/mol. The largest absolute Gasteiger partial charge is 0.493 e. The van der Waals surface area contributed by atoms with Crippen molar-refractivity contribution in [2.45, 2.75) is 6.92 Å². The van der Waals surface area contributed by atoms with Crippen molar-refractivity contribution in [3.8, 4) is 11.5 Å². The highest BCUT2D eigenvalue weighted by Gasteiger charge is 2.17. The topological polar surface area (TPSA) is 90.6 Å². The van der Waals surface area contributed by atoms with Gasteiger partial charge in [-0.3, -0.25) is 9.36 Å². The summed E-state index contributed by atoms with van der Waals surface area (Å²) >= 11 is 0. The maximum absolute atomic E-state index is 12.1. The molecular formula is C20H18N2O5. The molecule has 0 unspecified atom stereocenters. The molecule has 1 heterocycles. The minimum Gasteiger partial charge on any atom is -0.493 e. The van der Waals surface area contributed by atoms with Gasteiger partial charge in [0, 0.05) is 6.92 Å². The number of ether oxygens (including phenoxy) is 2. The van der Waals surface area contributed by atoms with E-state index in [-0.39, 0.29) is 17.0 Å². The van der Waals surface area contributed by atoms with Crippen LogP contribution in [0.2, 0.25) is 0 Å². The van der Waals surface area contributed by atoms with Crippen LogP contribution in [0.3, 0.4) is 0 Å². The Hall–Kier alpha value is -3.61. The molecule has 0 aliphatic heterocycles. The molecule has 0 saturated carbocycles. The standard InChI is InChI=1S/C20H18N2O5/c1-12(23)22-15-6-4-5-14(20(24)25)19(15)21-18(22)10-8-13-7-9-16(26-2)17(11-13)27-3/h4-11H,1-3H3,(H,24,25)/b10-8+.